The summed E-state index contributed by atoms with van der Waals surface area (Å²) in [5.74, 6) is 0.473. The molecule has 0 radical (unpaired) electrons. The molecule has 1 fully saturated rings. The minimum Gasteiger partial charge on any atom is -0.450 e. The second kappa shape index (κ2) is 10.7. The van der Waals surface area contributed by atoms with Gasteiger partial charge in [0.25, 0.3) is 0 Å². The molecule has 2 aromatic rings. The van der Waals surface area contributed by atoms with Crippen molar-refractivity contribution in [2.75, 3.05) is 26.2 Å². The van der Waals surface area contributed by atoms with Crippen LogP contribution < -0.4 is 11.1 Å². The molecule has 8 nitrogen and oxygen atoms in total. The third-order valence-electron chi connectivity index (χ3n) is 5.28. The molecule has 3 rings (SSSR count). The number of aromatic nitrogens is 2. The Morgan fingerprint density at radius 2 is 2.03 bits per heavy atom. The highest BCUT2D eigenvalue weighted by Crippen LogP contribution is 2.14. The molecule has 0 aliphatic carbocycles. The van der Waals surface area contributed by atoms with Crippen molar-refractivity contribution in [1.82, 2.24) is 20.0 Å². The Kier molecular flexibility index (Phi) is 7.70. The fraction of sp³-hybridized carbons (Fsp3) is 0.500. The molecule has 1 saturated heterocycles. The van der Waals surface area contributed by atoms with Crippen LogP contribution in [0.4, 0.5) is 4.79 Å². The van der Waals surface area contributed by atoms with Crippen LogP contribution >= 0.6 is 0 Å². The molecular formula is C22H32N6O2. The number of rotatable bonds is 7. The number of amides is 1. The van der Waals surface area contributed by atoms with Crippen LogP contribution in [0, 0.1) is 6.92 Å². The summed E-state index contributed by atoms with van der Waals surface area (Å²) >= 11 is 0. The maximum absolute atomic E-state index is 11.8. The van der Waals surface area contributed by atoms with Crippen LogP contribution in [-0.2, 0) is 11.2 Å². The number of nitrogens with one attached hydrogen (secondary N) is 1. The van der Waals surface area contributed by atoms with Crippen molar-refractivity contribution < 1.29 is 9.53 Å². The van der Waals surface area contributed by atoms with E-state index in [1.165, 1.54) is 5.56 Å². The largest absolute Gasteiger partial charge is 0.450 e. The fourth-order valence-electron chi connectivity index (χ4n) is 3.60. The number of carbonyl (C=O) groups is 1. The normalized spacial score (nSPS) is 15.3. The molecule has 0 spiro atoms. The smallest absolute Gasteiger partial charge is 0.409 e. The molecule has 1 aliphatic heterocycles. The summed E-state index contributed by atoms with van der Waals surface area (Å²) in [7, 11) is 0. The maximum Gasteiger partial charge on any atom is 0.409 e. The molecule has 0 unspecified atom stereocenters. The number of aliphatic imine (C=N–C) groups is 1. The Labute approximate surface area is 178 Å². The average molecular weight is 413 g/mol. The van der Waals surface area contributed by atoms with E-state index in [2.05, 4.69) is 21.6 Å². The number of aryl methyl sites for hydroxylation is 2. The molecule has 162 valence electrons. The van der Waals surface area contributed by atoms with Gasteiger partial charge in [0.15, 0.2) is 5.96 Å². The van der Waals surface area contributed by atoms with E-state index < -0.39 is 0 Å². The second-order valence-electron chi connectivity index (χ2n) is 7.49. The molecule has 1 aromatic carbocycles. The SMILES string of the molecule is CCOC(=O)N1CCC(NC(N)=NCCCc2cn(-c3ccccc3)nc2C)CC1. The van der Waals surface area contributed by atoms with E-state index in [1.54, 1.807) is 4.90 Å². The van der Waals surface area contributed by atoms with Gasteiger partial charge < -0.3 is 20.7 Å². The Bertz CT molecular complexity index is 841. The zero-order chi connectivity index (χ0) is 21.3. The summed E-state index contributed by atoms with van der Waals surface area (Å²) < 4.78 is 6.97. The molecular weight excluding hydrogens is 380 g/mol. The maximum atomic E-state index is 11.8. The number of para-hydroxylation sites is 1. The lowest BCUT2D eigenvalue weighted by Crippen LogP contribution is -2.48. The number of likely N-dealkylation sites (tertiary alicyclic amines) is 1. The van der Waals surface area contributed by atoms with E-state index in [0.717, 1.165) is 37.1 Å². The summed E-state index contributed by atoms with van der Waals surface area (Å²) in [4.78, 5) is 18.0. The highest BCUT2D eigenvalue weighted by atomic mass is 16.6. The molecule has 2 heterocycles. The quantitative estimate of drug-likeness (QED) is 0.414. The highest BCUT2D eigenvalue weighted by Gasteiger charge is 2.23. The van der Waals surface area contributed by atoms with Crippen LogP contribution in [0.15, 0.2) is 41.5 Å². The summed E-state index contributed by atoms with van der Waals surface area (Å²) in [5, 5.41) is 7.89. The highest BCUT2D eigenvalue weighted by molar-refractivity contribution is 5.78. The first kappa shape index (κ1) is 21.7. The molecule has 0 bridgehead atoms. The first-order chi connectivity index (χ1) is 14.6. The van der Waals surface area contributed by atoms with E-state index in [-0.39, 0.29) is 12.1 Å². The number of nitrogens with two attached hydrogens (primary N) is 1. The minimum absolute atomic E-state index is 0.233. The van der Waals surface area contributed by atoms with Gasteiger partial charge in [0, 0.05) is 31.9 Å². The third kappa shape index (κ3) is 5.98. The summed E-state index contributed by atoms with van der Waals surface area (Å²) in [5.41, 5.74) is 9.39. The molecule has 30 heavy (non-hydrogen) atoms. The van der Waals surface area contributed by atoms with Gasteiger partial charge in [-0.05, 0) is 57.2 Å². The molecule has 0 saturated carbocycles. The van der Waals surface area contributed by atoms with Crippen molar-refractivity contribution in [3.8, 4) is 5.69 Å². The van der Waals surface area contributed by atoms with Crippen molar-refractivity contribution in [2.45, 2.75) is 45.6 Å². The number of hydrogen-bond acceptors (Lipinski definition) is 4. The van der Waals surface area contributed by atoms with Crippen LogP contribution in [0.25, 0.3) is 5.69 Å². The summed E-state index contributed by atoms with van der Waals surface area (Å²) in [6.45, 7) is 6.28. The molecule has 1 aliphatic rings. The third-order valence-corrected chi connectivity index (χ3v) is 5.28. The lowest BCUT2D eigenvalue weighted by molar-refractivity contribution is 0.0963. The van der Waals surface area contributed by atoms with E-state index in [0.29, 0.717) is 32.2 Å². The monoisotopic (exact) mass is 412 g/mol. The number of carbonyl (C=O) groups excluding carboxylic acids is 1. The van der Waals surface area contributed by atoms with Crippen molar-refractivity contribution in [3.05, 3.63) is 47.8 Å². The lowest BCUT2D eigenvalue weighted by atomic mass is 10.1. The minimum atomic E-state index is -0.233. The number of piperidine rings is 1. The number of benzene rings is 1. The fourth-order valence-corrected chi connectivity index (χ4v) is 3.60. The van der Waals surface area contributed by atoms with Crippen molar-refractivity contribution in [1.29, 1.82) is 0 Å². The van der Waals surface area contributed by atoms with Crippen molar-refractivity contribution >= 4 is 12.1 Å². The summed E-state index contributed by atoms with van der Waals surface area (Å²) in [6.07, 6.45) is 5.36. The first-order valence-electron chi connectivity index (χ1n) is 10.7. The van der Waals surface area contributed by atoms with Crippen LogP contribution in [0.1, 0.15) is 37.4 Å². The van der Waals surface area contributed by atoms with E-state index in [9.17, 15) is 4.79 Å². The van der Waals surface area contributed by atoms with Gasteiger partial charge in [-0.1, -0.05) is 18.2 Å². The van der Waals surface area contributed by atoms with Crippen LogP contribution in [-0.4, -0.2) is 59.0 Å². The predicted molar refractivity (Wildman–Crippen MR) is 118 cm³/mol. The van der Waals surface area contributed by atoms with Crippen LogP contribution in [0.2, 0.25) is 0 Å². The first-order valence-corrected chi connectivity index (χ1v) is 10.7. The predicted octanol–water partition coefficient (Wildman–Crippen LogP) is 2.64. The molecule has 1 aromatic heterocycles. The van der Waals surface area contributed by atoms with Crippen molar-refractivity contribution in [3.63, 3.8) is 0 Å². The van der Waals surface area contributed by atoms with E-state index >= 15 is 0 Å². The van der Waals surface area contributed by atoms with Gasteiger partial charge in [-0.2, -0.15) is 5.10 Å². The molecule has 0 atom stereocenters. The number of ether oxygens (including phenoxy) is 1. The Morgan fingerprint density at radius 1 is 1.30 bits per heavy atom. The average Bonchev–Trinajstić information content (AvgIpc) is 3.13. The Balaban J connectivity index is 1.40. The molecule has 1 amide bonds. The van der Waals surface area contributed by atoms with Gasteiger partial charge in [-0.25, -0.2) is 9.48 Å². The van der Waals surface area contributed by atoms with Gasteiger partial charge in [0.2, 0.25) is 0 Å². The number of nitrogens with zero attached hydrogens (tertiary/aromatic N) is 4. The standard InChI is InChI=1S/C22H32N6O2/c1-3-30-22(29)27-14-11-19(12-15-27)25-21(23)24-13-7-8-18-16-28(26-17(18)2)20-9-5-4-6-10-20/h4-6,9-10,16,19H,3,7-8,11-15H2,1-2H3,(H3,23,24,25). The summed E-state index contributed by atoms with van der Waals surface area (Å²) in [6, 6.07) is 10.4. The van der Waals surface area contributed by atoms with Gasteiger partial charge in [-0.15, -0.1) is 0 Å². The topological polar surface area (TPSA) is 97.8 Å². The van der Waals surface area contributed by atoms with Crippen LogP contribution in [0.3, 0.4) is 0 Å². The van der Waals surface area contributed by atoms with Gasteiger partial charge in [-0.3, -0.25) is 4.99 Å². The van der Waals surface area contributed by atoms with Gasteiger partial charge in [0.05, 0.1) is 18.0 Å². The van der Waals surface area contributed by atoms with Crippen molar-refractivity contribution in [2.24, 2.45) is 10.7 Å². The Morgan fingerprint density at radius 3 is 2.73 bits per heavy atom. The van der Waals surface area contributed by atoms with Gasteiger partial charge >= 0.3 is 6.09 Å². The number of hydrogen-bond donors (Lipinski definition) is 2. The van der Waals surface area contributed by atoms with Gasteiger partial charge in [0.1, 0.15) is 0 Å². The number of guanidine groups is 1. The Hall–Kier alpha value is -3.03. The molecule has 8 heteroatoms. The van der Waals surface area contributed by atoms with E-state index in [1.807, 2.05) is 48.9 Å². The zero-order valence-electron chi connectivity index (χ0n) is 17.9. The van der Waals surface area contributed by atoms with E-state index in [4.69, 9.17) is 10.5 Å². The van der Waals surface area contributed by atoms with Crippen LogP contribution in [0.5, 0.6) is 0 Å². The second-order valence-corrected chi connectivity index (χ2v) is 7.49. The molecule has 3 N–H and O–H groups in total. The lowest BCUT2D eigenvalue weighted by Gasteiger charge is -2.31. The zero-order valence-corrected chi connectivity index (χ0v) is 17.9.